The Balaban J connectivity index is 1.72. The average Bonchev–Trinajstić information content (AvgIpc) is 2.74. The minimum Gasteiger partial charge on any atom is -0.491 e. The van der Waals surface area contributed by atoms with Gasteiger partial charge in [-0.1, -0.05) is 17.7 Å². The van der Waals surface area contributed by atoms with Gasteiger partial charge < -0.3 is 9.47 Å². The number of piperazine rings is 1. The first-order valence-electron chi connectivity index (χ1n) is 10.4. The lowest BCUT2D eigenvalue weighted by atomic mass is 10.2. The molecule has 0 amide bonds. The maximum Gasteiger partial charge on any atom is 0.243 e. The lowest BCUT2D eigenvalue weighted by Gasteiger charge is -2.33. The van der Waals surface area contributed by atoms with Crippen molar-refractivity contribution >= 4 is 20.0 Å². The first kappa shape index (κ1) is 24.7. The summed E-state index contributed by atoms with van der Waals surface area (Å²) in [4.78, 5) is 0.430. The molecule has 0 spiro atoms. The van der Waals surface area contributed by atoms with E-state index in [1.165, 1.54) is 14.7 Å². The van der Waals surface area contributed by atoms with Crippen molar-refractivity contribution < 1.29 is 26.3 Å². The average molecular weight is 483 g/mol. The Hall–Kier alpha value is -1.98. The smallest absolute Gasteiger partial charge is 0.243 e. The van der Waals surface area contributed by atoms with Crippen molar-refractivity contribution in [1.82, 2.24) is 8.61 Å². The van der Waals surface area contributed by atoms with E-state index in [2.05, 4.69) is 0 Å². The van der Waals surface area contributed by atoms with Gasteiger partial charge in [0.2, 0.25) is 20.0 Å². The van der Waals surface area contributed by atoms with Crippen LogP contribution in [0.3, 0.4) is 0 Å². The first-order valence-corrected chi connectivity index (χ1v) is 13.3. The summed E-state index contributed by atoms with van der Waals surface area (Å²) in [6, 6.07) is 9.95. The molecule has 0 atom stereocenters. The van der Waals surface area contributed by atoms with Crippen molar-refractivity contribution in [2.45, 2.75) is 30.6 Å². The van der Waals surface area contributed by atoms with Crippen LogP contribution in [0.1, 0.15) is 16.7 Å². The van der Waals surface area contributed by atoms with Crippen molar-refractivity contribution in [2.24, 2.45) is 0 Å². The lowest BCUT2D eigenvalue weighted by Crippen LogP contribution is -2.50. The van der Waals surface area contributed by atoms with Gasteiger partial charge in [-0.3, -0.25) is 0 Å². The van der Waals surface area contributed by atoms with Crippen molar-refractivity contribution in [3.63, 3.8) is 0 Å². The number of ether oxygens (including phenoxy) is 2. The van der Waals surface area contributed by atoms with Gasteiger partial charge in [0.15, 0.2) is 0 Å². The van der Waals surface area contributed by atoms with E-state index in [1.54, 1.807) is 45.2 Å². The normalized spacial score (nSPS) is 16.2. The van der Waals surface area contributed by atoms with E-state index in [0.29, 0.717) is 30.1 Å². The summed E-state index contributed by atoms with van der Waals surface area (Å²) < 4.78 is 65.6. The third kappa shape index (κ3) is 5.15. The largest absolute Gasteiger partial charge is 0.491 e. The fraction of sp³-hybridized carbons (Fsp3) is 0.455. The van der Waals surface area contributed by atoms with Crippen LogP contribution >= 0.6 is 0 Å². The Morgan fingerprint density at radius 2 is 1.41 bits per heavy atom. The second kappa shape index (κ2) is 9.88. The first-order chi connectivity index (χ1) is 15.1. The van der Waals surface area contributed by atoms with Crippen LogP contribution in [0.25, 0.3) is 0 Å². The van der Waals surface area contributed by atoms with Gasteiger partial charge >= 0.3 is 0 Å². The SMILES string of the molecule is COCCOc1ccc(S(=O)(=O)N2CCN(S(=O)(=O)c3ccc(C)cc3C)CC2)cc1C. The predicted molar refractivity (Wildman–Crippen MR) is 122 cm³/mol. The Morgan fingerprint density at radius 1 is 0.781 bits per heavy atom. The van der Waals surface area contributed by atoms with Crippen LogP contribution in [0.2, 0.25) is 0 Å². The van der Waals surface area contributed by atoms with Crippen LogP contribution < -0.4 is 4.74 Å². The third-order valence-electron chi connectivity index (χ3n) is 5.48. The predicted octanol–water partition coefficient (Wildman–Crippen LogP) is 2.33. The Labute approximate surface area is 190 Å². The molecule has 0 bridgehead atoms. The zero-order valence-electron chi connectivity index (χ0n) is 18.9. The summed E-state index contributed by atoms with van der Waals surface area (Å²) >= 11 is 0. The van der Waals surface area contributed by atoms with E-state index in [4.69, 9.17) is 9.47 Å². The second-order valence-corrected chi connectivity index (χ2v) is 11.7. The molecule has 0 radical (unpaired) electrons. The van der Waals surface area contributed by atoms with Gasteiger partial charge in [0.05, 0.1) is 16.4 Å². The van der Waals surface area contributed by atoms with Crippen LogP contribution in [0.4, 0.5) is 0 Å². The number of methoxy groups -OCH3 is 1. The Bertz CT molecular complexity index is 1170. The van der Waals surface area contributed by atoms with Crippen molar-refractivity contribution in [3.8, 4) is 5.75 Å². The minimum absolute atomic E-state index is 0.0949. The number of rotatable bonds is 8. The zero-order chi connectivity index (χ0) is 23.5. The van der Waals surface area contributed by atoms with E-state index in [-0.39, 0.29) is 36.0 Å². The number of hydrogen-bond acceptors (Lipinski definition) is 6. The van der Waals surface area contributed by atoms with Gasteiger partial charge in [0.1, 0.15) is 12.4 Å². The molecule has 0 saturated carbocycles. The molecule has 176 valence electrons. The number of benzene rings is 2. The Kier molecular flexibility index (Phi) is 7.61. The summed E-state index contributed by atoms with van der Waals surface area (Å²) in [5.74, 6) is 0.602. The molecule has 8 nitrogen and oxygen atoms in total. The zero-order valence-corrected chi connectivity index (χ0v) is 20.5. The second-order valence-electron chi connectivity index (χ2n) is 7.85. The monoisotopic (exact) mass is 482 g/mol. The number of hydrogen-bond donors (Lipinski definition) is 0. The quantitative estimate of drug-likeness (QED) is 0.536. The molecule has 1 saturated heterocycles. The summed E-state index contributed by atoms with van der Waals surface area (Å²) in [7, 11) is -5.84. The number of sulfonamides is 2. The van der Waals surface area contributed by atoms with E-state index in [1.807, 2.05) is 13.0 Å². The highest BCUT2D eigenvalue weighted by Gasteiger charge is 2.34. The van der Waals surface area contributed by atoms with Crippen LogP contribution in [0, 0.1) is 20.8 Å². The molecule has 2 aromatic carbocycles. The molecular formula is C22H30N2O6S2. The van der Waals surface area contributed by atoms with Gasteiger partial charge in [-0.2, -0.15) is 8.61 Å². The number of aryl methyl sites for hydroxylation is 3. The summed E-state index contributed by atoms with van der Waals surface area (Å²) in [5.41, 5.74) is 2.38. The third-order valence-corrected chi connectivity index (χ3v) is 9.43. The molecule has 1 aliphatic rings. The maximum atomic E-state index is 13.1. The van der Waals surface area contributed by atoms with Crippen LogP contribution in [-0.2, 0) is 24.8 Å². The van der Waals surface area contributed by atoms with Gasteiger partial charge in [-0.15, -0.1) is 0 Å². The highest BCUT2D eigenvalue weighted by Crippen LogP contribution is 2.27. The lowest BCUT2D eigenvalue weighted by molar-refractivity contribution is 0.146. The van der Waals surface area contributed by atoms with E-state index < -0.39 is 20.0 Å². The minimum atomic E-state index is -3.74. The topological polar surface area (TPSA) is 93.2 Å². The van der Waals surface area contributed by atoms with E-state index in [9.17, 15) is 16.8 Å². The van der Waals surface area contributed by atoms with E-state index >= 15 is 0 Å². The fourth-order valence-electron chi connectivity index (χ4n) is 3.71. The van der Waals surface area contributed by atoms with Crippen molar-refractivity contribution in [1.29, 1.82) is 0 Å². The van der Waals surface area contributed by atoms with Gasteiger partial charge in [0.25, 0.3) is 0 Å². The molecule has 0 N–H and O–H groups in total. The molecular weight excluding hydrogens is 452 g/mol. The molecule has 32 heavy (non-hydrogen) atoms. The maximum absolute atomic E-state index is 13.1. The molecule has 1 fully saturated rings. The standard InChI is InChI=1S/C22H30N2O6S2/c1-17-5-8-22(19(3)15-17)32(27,28)24-11-9-23(10-12-24)31(25,26)20-6-7-21(18(2)16-20)30-14-13-29-4/h5-8,15-16H,9-14H2,1-4H3. The van der Waals surface area contributed by atoms with Gasteiger partial charge in [-0.25, -0.2) is 16.8 Å². The van der Waals surface area contributed by atoms with Gasteiger partial charge in [-0.05, 0) is 56.2 Å². The fourth-order valence-corrected chi connectivity index (χ4v) is 6.84. The molecule has 2 aromatic rings. The van der Waals surface area contributed by atoms with Crippen molar-refractivity contribution in [2.75, 3.05) is 46.5 Å². The molecule has 1 heterocycles. The summed E-state index contributed by atoms with van der Waals surface area (Å²) in [6.07, 6.45) is 0. The van der Waals surface area contributed by atoms with Crippen molar-refractivity contribution in [3.05, 3.63) is 53.1 Å². The molecule has 0 aromatic heterocycles. The van der Waals surface area contributed by atoms with Crippen LogP contribution in [0.5, 0.6) is 5.75 Å². The van der Waals surface area contributed by atoms with Crippen LogP contribution in [-0.4, -0.2) is 71.9 Å². The molecule has 0 aliphatic carbocycles. The molecule has 1 aliphatic heterocycles. The van der Waals surface area contributed by atoms with Gasteiger partial charge in [0, 0.05) is 33.3 Å². The highest BCUT2D eigenvalue weighted by atomic mass is 32.2. The summed E-state index contributed by atoms with van der Waals surface area (Å²) in [6.45, 7) is 6.68. The Morgan fingerprint density at radius 3 is 1.97 bits per heavy atom. The molecule has 10 heteroatoms. The molecule has 0 unspecified atom stereocenters. The summed E-state index contributed by atoms with van der Waals surface area (Å²) in [5, 5.41) is 0. The number of nitrogens with zero attached hydrogens (tertiary/aromatic N) is 2. The van der Waals surface area contributed by atoms with E-state index in [0.717, 1.165) is 5.56 Å². The molecule has 3 rings (SSSR count). The highest BCUT2D eigenvalue weighted by molar-refractivity contribution is 7.89. The van der Waals surface area contributed by atoms with Crippen LogP contribution in [0.15, 0.2) is 46.2 Å².